The highest BCUT2D eigenvalue weighted by atomic mass is 35.5. The van der Waals surface area contributed by atoms with Crippen molar-refractivity contribution in [2.45, 2.75) is 0 Å². The van der Waals surface area contributed by atoms with Crippen molar-refractivity contribution in [3.05, 3.63) is 24.0 Å². The SMILES string of the molecule is Cl.Nc1cc(-c2nn[nH]n2)ccc1F. The first-order valence-electron chi connectivity index (χ1n) is 3.56. The van der Waals surface area contributed by atoms with Gasteiger partial charge in [0.05, 0.1) is 5.69 Å². The number of hydrogen-bond acceptors (Lipinski definition) is 4. The van der Waals surface area contributed by atoms with Gasteiger partial charge in [0, 0.05) is 5.56 Å². The van der Waals surface area contributed by atoms with E-state index in [1.54, 1.807) is 0 Å². The molecule has 0 saturated heterocycles. The molecule has 0 spiro atoms. The number of aromatic nitrogens is 4. The number of anilines is 1. The number of H-pyrrole nitrogens is 1. The van der Waals surface area contributed by atoms with Crippen LogP contribution in [0.15, 0.2) is 18.2 Å². The molecule has 0 aliphatic rings. The number of rotatable bonds is 1. The van der Waals surface area contributed by atoms with Crippen LogP contribution in [0.1, 0.15) is 0 Å². The highest BCUT2D eigenvalue weighted by Crippen LogP contribution is 2.18. The minimum atomic E-state index is -0.452. The van der Waals surface area contributed by atoms with Crippen molar-refractivity contribution in [3.8, 4) is 11.4 Å². The summed E-state index contributed by atoms with van der Waals surface area (Å²) >= 11 is 0. The van der Waals surface area contributed by atoms with E-state index in [2.05, 4.69) is 20.6 Å². The highest BCUT2D eigenvalue weighted by molar-refractivity contribution is 5.85. The topological polar surface area (TPSA) is 80.5 Å². The molecule has 14 heavy (non-hydrogen) atoms. The molecule has 5 nitrogen and oxygen atoms in total. The molecule has 0 aliphatic carbocycles. The Morgan fingerprint density at radius 3 is 2.71 bits per heavy atom. The van der Waals surface area contributed by atoms with Gasteiger partial charge in [-0.15, -0.1) is 22.6 Å². The number of hydrogen-bond donors (Lipinski definition) is 2. The molecule has 0 saturated carbocycles. The zero-order valence-electron chi connectivity index (χ0n) is 6.94. The predicted octanol–water partition coefficient (Wildman–Crippen LogP) is 1.01. The lowest BCUT2D eigenvalue weighted by Gasteiger charge is -1.97. The molecule has 0 atom stereocenters. The van der Waals surface area contributed by atoms with Gasteiger partial charge >= 0.3 is 0 Å². The van der Waals surface area contributed by atoms with Crippen molar-refractivity contribution >= 4 is 18.1 Å². The van der Waals surface area contributed by atoms with Crippen molar-refractivity contribution in [1.29, 1.82) is 0 Å². The highest BCUT2D eigenvalue weighted by Gasteiger charge is 2.04. The van der Waals surface area contributed by atoms with E-state index in [-0.39, 0.29) is 18.1 Å². The zero-order chi connectivity index (χ0) is 9.26. The lowest BCUT2D eigenvalue weighted by atomic mass is 10.2. The fourth-order valence-corrected chi connectivity index (χ4v) is 0.967. The average molecular weight is 216 g/mol. The number of nitrogen functional groups attached to an aromatic ring is 1. The number of nitrogens with zero attached hydrogens (tertiary/aromatic N) is 3. The summed E-state index contributed by atoms with van der Waals surface area (Å²) in [4.78, 5) is 0. The minimum Gasteiger partial charge on any atom is -0.396 e. The van der Waals surface area contributed by atoms with Crippen LogP contribution < -0.4 is 5.73 Å². The molecule has 7 heteroatoms. The van der Waals surface area contributed by atoms with E-state index in [9.17, 15) is 4.39 Å². The lowest BCUT2D eigenvalue weighted by molar-refractivity contribution is 0.632. The van der Waals surface area contributed by atoms with Gasteiger partial charge in [0.1, 0.15) is 5.82 Å². The van der Waals surface area contributed by atoms with Crippen LogP contribution in [0.4, 0.5) is 10.1 Å². The van der Waals surface area contributed by atoms with Crippen molar-refractivity contribution in [3.63, 3.8) is 0 Å². The molecule has 3 N–H and O–H groups in total. The van der Waals surface area contributed by atoms with Crippen LogP contribution in [0.5, 0.6) is 0 Å². The summed E-state index contributed by atoms with van der Waals surface area (Å²) in [6, 6.07) is 4.26. The largest absolute Gasteiger partial charge is 0.396 e. The van der Waals surface area contributed by atoms with Crippen molar-refractivity contribution in [1.82, 2.24) is 20.6 Å². The third-order valence-electron chi connectivity index (χ3n) is 1.60. The van der Waals surface area contributed by atoms with Gasteiger partial charge in [-0.05, 0) is 23.4 Å². The number of benzene rings is 1. The van der Waals surface area contributed by atoms with E-state index >= 15 is 0 Å². The van der Waals surface area contributed by atoms with Crippen LogP contribution in [0.25, 0.3) is 11.4 Å². The van der Waals surface area contributed by atoms with Crippen LogP contribution in [-0.4, -0.2) is 20.6 Å². The summed E-state index contributed by atoms with van der Waals surface area (Å²) in [6.45, 7) is 0. The molecule has 2 aromatic rings. The molecule has 1 aromatic heterocycles. The van der Waals surface area contributed by atoms with Crippen LogP contribution in [-0.2, 0) is 0 Å². The van der Waals surface area contributed by atoms with E-state index in [1.807, 2.05) is 0 Å². The van der Waals surface area contributed by atoms with Crippen molar-refractivity contribution < 1.29 is 4.39 Å². The van der Waals surface area contributed by atoms with Gasteiger partial charge in [0.25, 0.3) is 0 Å². The number of nitrogens with two attached hydrogens (primary N) is 1. The Bertz CT molecular complexity index is 416. The Morgan fingerprint density at radius 2 is 2.14 bits per heavy atom. The maximum atomic E-state index is 12.8. The van der Waals surface area contributed by atoms with Crippen LogP contribution >= 0.6 is 12.4 Å². The van der Waals surface area contributed by atoms with Gasteiger partial charge in [0.15, 0.2) is 0 Å². The van der Waals surface area contributed by atoms with Crippen molar-refractivity contribution in [2.24, 2.45) is 0 Å². The molecule has 0 bridgehead atoms. The van der Waals surface area contributed by atoms with Crippen molar-refractivity contribution in [2.75, 3.05) is 5.73 Å². The van der Waals surface area contributed by atoms with Gasteiger partial charge in [-0.1, -0.05) is 0 Å². The Morgan fingerprint density at radius 1 is 1.36 bits per heavy atom. The molecule has 0 radical (unpaired) electrons. The second-order valence-corrected chi connectivity index (χ2v) is 2.47. The third-order valence-corrected chi connectivity index (χ3v) is 1.60. The standard InChI is InChI=1S/C7H6FN5.ClH/c8-5-2-1-4(3-6(5)9)7-10-12-13-11-7;/h1-3H,9H2,(H,10,11,12,13);1H. The predicted molar refractivity (Wildman–Crippen MR) is 51.2 cm³/mol. The maximum absolute atomic E-state index is 12.8. The molecule has 0 fully saturated rings. The Balaban J connectivity index is 0.000000980. The number of halogens is 2. The normalized spacial score (nSPS) is 9.50. The molecule has 74 valence electrons. The van der Waals surface area contributed by atoms with Gasteiger partial charge in [-0.2, -0.15) is 5.21 Å². The van der Waals surface area contributed by atoms with Gasteiger partial charge in [0.2, 0.25) is 5.82 Å². The molecular formula is C7H7ClFN5. The second-order valence-electron chi connectivity index (χ2n) is 2.47. The fraction of sp³-hybridized carbons (Fsp3) is 0. The van der Waals surface area contributed by atoms with E-state index in [1.165, 1.54) is 18.2 Å². The quantitative estimate of drug-likeness (QED) is 0.696. The summed E-state index contributed by atoms with van der Waals surface area (Å²) in [7, 11) is 0. The monoisotopic (exact) mass is 215 g/mol. The van der Waals surface area contributed by atoms with Gasteiger partial charge < -0.3 is 5.73 Å². The summed E-state index contributed by atoms with van der Waals surface area (Å²) in [5.74, 6) is -0.0565. The first-order chi connectivity index (χ1) is 6.27. The first kappa shape index (κ1) is 10.4. The molecule has 2 rings (SSSR count). The fourth-order valence-electron chi connectivity index (χ4n) is 0.967. The number of tetrazole rings is 1. The maximum Gasteiger partial charge on any atom is 0.204 e. The minimum absolute atomic E-state index is 0. The molecular weight excluding hydrogens is 209 g/mol. The molecule has 1 heterocycles. The Kier molecular flexibility index (Phi) is 2.98. The van der Waals surface area contributed by atoms with E-state index < -0.39 is 5.82 Å². The van der Waals surface area contributed by atoms with E-state index in [0.717, 1.165) is 0 Å². The zero-order valence-corrected chi connectivity index (χ0v) is 7.75. The molecule has 0 unspecified atom stereocenters. The summed E-state index contributed by atoms with van der Waals surface area (Å²) in [6.07, 6.45) is 0. The number of nitrogens with one attached hydrogen (secondary N) is 1. The number of aromatic amines is 1. The first-order valence-corrected chi connectivity index (χ1v) is 3.56. The summed E-state index contributed by atoms with van der Waals surface area (Å²) in [5.41, 5.74) is 6.07. The molecule has 0 amide bonds. The van der Waals surface area contributed by atoms with E-state index in [0.29, 0.717) is 11.4 Å². The van der Waals surface area contributed by atoms with Crippen LogP contribution in [0.3, 0.4) is 0 Å². The summed E-state index contributed by atoms with van der Waals surface area (Å²) < 4.78 is 12.8. The second kappa shape index (κ2) is 4.01. The Hall–Kier alpha value is -1.69. The van der Waals surface area contributed by atoms with Gasteiger partial charge in [-0.3, -0.25) is 0 Å². The summed E-state index contributed by atoms with van der Waals surface area (Å²) in [5, 5.41) is 13.1. The van der Waals surface area contributed by atoms with Crippen LogP contribution in [0.2, 0.25) is 0 Å². The Labute approximate surface area is 84.9 Å². The lowest BCUT2D eigenvalue weighted by Crippen LogP contribution is -1.91. The van der Waals surface area contributed by atoms with E-state index in [4.69, 9.17) is 5.73 Å². The van der Waals surface area contributed by atoms with Crippen LogP contribution in [0, 0.1) is 5.82 Å². The third kappa shape index (κ3) is 1.80. The molecule has 1 aromatic carbocycles. The van der Waals surface area contributed by atoms with Gasteiger partial charge in [-0.25, -0.2) is 4.39 Å². The average Bonchev–Trinajstić information content (AvgIpc) is 2.62. The molecule has 0 aliphatic heterocycles. The smallest absolute Gasteiger partial charge is 0.204 e.